The fraction of sp³-hybridized carbons (Fsp3) is 0.933. The van der Waals surface area contributed by atoms with Gasteiger partial charge in [0, 0.05) is 6.54 Å². The second-order valence-corrected chi connectivity index (χ2v) is 7.31. The topological polar surface area (TPSA) is 75.4 Å². The van der Waals surface area contributed by atoms with Gasteiger partial charge in [-0.1, -0.05) is 6.92 Å². The van der Waals surface area contributed by atoms with Crippen molar-refractivity contribution in [1.29, 1.82) is 0 Å². The lowest BCUT2D eigenvalue weighted by molar-refractivity contribution is -0.138. The fourth-order valence-corrected chi connectivity index (χ4v) is 2.41. The number of aliphatic hydroxyl groups is 1. The maximum absolute atomic E-state index is 12.6. The summed E-state index contributed by atoms with van der Waals surface area (Å²) < 4.78 is 0. The highest BCUT2D eigenvalue weighted by Gasteiger charge is 2.44. The Morgan fingerprint density at radius 1 is 1.32 bits per heavy atom. The Kier molecular flexibility index (Phi) is 4.68. The predicted octanol–water partition coefficient (Wildman–Crippen LogP) is 1.81. The molecule has 112 valence electrons. The van der Waals surface area contributed by atoms with E-state index < -0.39 is 16.6 Å². The lowest BCUT2D eigenvalue weighted by Gasteiger charge is -2.43. The third kappa shape index (κ3) is 3.48. The number of nitrogens with two attached hydrogens (primary N) is 1. The molecule has 1 aliphatic rings. The first-order valence-corrected chi connectivity index (χ1v) is 7.29. The van der Waals surface area contributed by atoms with Crippen molar-refractivity contribution in [1.82, 2.24) is 5.32 Å². The number of hydrogen-bond donors (Lipinski definition) is 3. The van der Waals surface area contributed by atoms with Gasteiger partial charge in [-0.15, -0.1) is 0 Å². The molecule has 0 radical (unpaired) electrons. The minimum absolute atomic E-state index is 0.00553. The van der Waals surface area contributed by atoms with E-state index in [2.05, 4.69) is 12.2 Å². The normalized spacial score (nSPS) is 29.1. The Bertz CT molecular complexity index is 324. The lowest BCUT2D eigenvalue weighted by Crippen LogP contribution is -2.62. The van der Waals surface area contributed by atoms with Crippen LogP contribution < -0.4 is 11.1 Å². The zero-order valence-corrected chi connectivity index (χ0v) is 13.0. The minimum atomic E-state index is -0.972. The Morgan fingerprint density at radius 3 is 2.16 bits per heavy atom. The van der Waals surface area contributed by atoms with Crippen LogP contribution in [0.5, 0.6) is 0 Å². The van der Waals surface area contributed by atoms with Crippen LogP contribution in [-0.4, -0.2) is 28.7 Å². The first kappa shape index (κ1) is 16.4. The molecule has 0 unspecified atom stereocenters. The molecule has 1 aliphatic carbocycles. The molecule has 0 saturated heterocycles. The van der Waals surface area contributed by atoms with Crippen LogP contribution in [0.25, 0.3) is 0 Å². The van der Waals surface area contributed by atoms with Crippen molar-refractivity contribution in [2.75, 3.05) is 6.54 Å². The molecule has 0 aromatic carbocycles. The zero-order valence-electron chi connectivity index (χ0n) is 13.0. The van der Waals surface area contributed by atoms with Crippen LogP contribution in [0.15, 0.2) is 0 Å². The summed E-state index contributed by atoms with van der Waals surface area (Å²) in [5, 5.41) is 13.1. The third-order valence-electron chi connectivity index (χ3n) is 5.06. The highest BCUT2D eigenvalue weighted by Crippen LogP contribution is 2.39. The van der Waals surface area contributed by atoms with E-state index in [9.17, 15) is 9.90 Å². The largest absolute Gasteiger partial charge is 0.388 e. The Balaban J connectivity index is 2.81. The second kappa shape index (κ2) is 5.41. The quantitative estimate of drug-likeness (QED) is 0.729. The van der Waals surface area contributed by atoms with Crippen molar-refractivity contribution in [2.24, 2.45) is 17.1 Å². The van der Waals surface area contributed by atoms with Gasteiger partial charge in [0.2, 0.25) is 5.91 Å². The van der Waals surface area contributed by atoms with Gasteiger partial charge in [0.05, 0.1) is 16.6 Å². The number of carbonyl (C=O) groups is 1. The van der Waals surface area contributed by atoms with Crippen LogP contribution >= 0.6 is 0 Å². The molecule has 1 saturated carbocycles. The van der Waals surface area contributed by atoms with Gasteiger partial charge in [-0.3, -0.25) is 4.79 Å². The molecule has 0 aromatic rings. The van der Waals surface area contributed by atoms with Gasteiger partial charge in [0.25, 0.3) is 0 Å². The highest BCUT2D eigenvalue weighted by molar-refractivity contribution is 5.83. The lowest BCUT2D eigenvalue weighted by atomic mass is 9.69. The summed E-state index contributed by atoms with van der Waals surface area (Å²) >= 11 is 0. The third-order valence-corrected chi connectivity index (χ3v) is 5.06. The molecular formula is C15H30N2O2. The van der Waals surface area contributed by atoms with Crippen LogP contribution in [0.2, 0.25) is 0 Å². The molecule has 1 amide bonds. The Morgan fingerprint density at radius 2 is 1.79 bits per heavy atom. The van der Waals surface area contributed by atoms with Crippen LogP contribution in [-0.2, 0) is 4.79 Å². The van der Waals surface area contributed by atoms with Crippen molar-refractivity contribution in [2.45, 2.75) is 71.4 Å². The van der Waals surface area contributed by atoms with E-state index >= 15 is 0 Å². The van der Waals surface area contributed by atoms with Crippen molar-refractivity contribution in [3.05, 3.63) is 0 Å². The van der Waals surface area contributed by atoms with Crippen molar-refractivity contribution in [3.8, 4) is 0 Å². The molecule has 4 nitrogen and oxygen atoms in total. The maximum atomic E-state index is 12.6. The molecule has 0 atom stereocenters. The standard InChI is InChI=1S/C15H30N2O2/c1-11-6-8-15(10-16,9-7-11)12(18)17-13(2,3)14(4,5)19/h11,19H,6-10,16H2,1-5H3,(H,17,18). The van der Waals surface area contributed by atoms with E-state index in [4.69, 9.17) is 5.73 Å². The molecule has 0 aromatic heterocycles. The van der Waals surface area contributed by atoms with Crippen LogP contribution in [0.3, 0.4) is 0 Å². The van der Waals surface area contributed by atoms with E-state index in [0.29, 0.717) is 12.5 Å². The van der Waals surface area contributed by atoms with E-state index in [0.717, 1.165) is 25.7 Å². The highest BCUT2D eigenvalue weighted by atomic mass is 16.3. The predicted molar refractivity (Wildman–Crippen MR) is 77.6 cm³/mol. The number of nitrogens with one attached hydrogen (secondary N) is 1. The summed E-state index contributed by atoms with van der Waals surface area (Å²) in [6.45, 7) is 9.73. The Labute approximate surface area is 117 Å². The van der Waals surface area contributed by atoms with Gasteiger partial charge in [0.1, 0.15) is 0 Å². The number of hydrogen-bond acceptors (Lipinski definition) is 3. The fourth-order valence-electron chi connectivity index (χ4n) is 2.41. The molecular weight excluding hydrogens is 240 g/mol. The molecule has 0 spiro atoms. The molecule has 0 heterocycles. The van der Waals surface area contributed by atoms with Crippen LogP contribution in [0, 0.1) is 11.3 Å². The van der Waals surface area contributed by atoms with Crippen molar-refractivity contribution < 1.29 is 9.90 Å². The SMILES string of the molecule is CC1CCC(CN)(C(=O)NC(C)(C)C(C)(C)O)CC1. The van der Waals surface area contributed by atoms with Crippen LogP contribution in [0.1, 0.15) is 60.3 Å². The van der Waals surface area contributed by atoms with Gasteiger partial charge in [-0.2, -0.15) is 0 Å². The molecule has 1 fully saturated rings. The smallest absolute Gasteiger partial charge is 0.228 e. The number of amides is 1. The zero-order chi connectivity index (χ0) is 14.9. The van der Waals surface area contributed by atoms with E-state index in [1.807, 2.05) is 13.8 Å². The summed E-state index contributed by atoms with van der Waals surface area (Å²) in [4.78, 5) is 12.6. The molecule has 0 aliphatic heterocycles. The minimum Gasteiger partial charge on any atom is -0.388 e. The van der Waals surface area contributed by atoms with Gasteiger partial charge < -0.3 is 16.2 Å². The van der Waals surface area contributed by atoms with Gasteiger partial charge in [-0.25, -0.2) is 0 Å². The summed E-state index contributed by atoms with van der Waals surface area (Å²) in [7, 11) is 0. The average molecular weight is 270 g/mol. The number of carbonyl (C=O) groups excluding carboxylic acids is 1. The van der Waals surface area contributed by atoms with Crippen molar-refractivity contribution >= 4 is 5.91 Å². The first-order chi connectivity index (χ1) is 8.54. The van der Waals surface area contributed by atoms with Gasteiger partial charge in [-0.05, 0) is 59.3 Å². The molecule has 19 heavy (non-hydrogen) atoms. The van der Waals surface area contributed by atoms with E-state index in [1.54, 1.807) is 13.8 Å². The average Bonchev–Trinajstić information content (AvgIpc) is 2.28. The molecule has 4 heteroatoms. The Hall–Kier alpha value is -0.610. The monoisotopic (exact) mass is 270 g/mol. The summed E-state index contributed by atoms with van der Waals surface area (Å²) in [5.41, 5.74) is 3.80. The maximum Gasteiger partial charge on any atom is 0.228 e. The summed E-state index contributed by atoms with van der Waals surface area (Å²) in [6, 6.07) is 0. The molecule has 4 N–H and O–H groups in total. The van der Waals surface area contributed by atoms with Crippen molar-refractivity contribution in [3.63, 3.8) is 0 Å². The summed E-state index contributed by atoms with van der Waals surface area (Å²) in [6.07, 6.45) is 3.79. The first-order valence-electron chi connectivity index (χ1n) is 7.29. The summed E-state index contributed by atoms with van der Waals surface area (Å²) in [5.74, 6) is 0.670. The molecule has 1 rings (SSSR count). The number of rotatable bonds is 4. The van der Waals surface area contributed by atoms with Gasteiger partial charge in [0.15, 0.2) is 0 Å². The second-order valence-electron chi connectivity index (χ2n) is 7.31. The van der Waals surface area contributed by atoms with E-state index in [-0.39, 0.29) is 5.91 Å². The molecule has 0 bridgehead atoms. The van der Waals surface area contributed by atoms with Gasteiger partial charge >= 0.3 is 0 Å². The van der Waals surface area contributed by atoms with E-state index in [1.165, 1.54) is 0 Å². The van der Waals surface area contributed by atoms with Crippen LogP contribution in [0.4, 0.5) is 0 Å².